The third-order valence-electron chi connectivity index (χ3n) is 3.61. The Morgan fingerprint density at radius 2 is 2.26 bits per heavy atom. The van der Waals surface area contributed by atoms with E-state index in [1.165, 1.54) is 18.4 Å². The summed E-state index contributed by atoms with van der Waals surface area (Å²) in [6.07, 6.45) is 1.35. The summed E-state index contributed by atoms with van der Waals surface area (Å²) in [5.41, 5.74) is 0. The van der Waals surface area contributed by atoms with Crippen molar-refractivity contribution in [2.75, 3.05) is 13.7 Å². The number of amides is 1. The molecule has 1 fully saturated rings. The Morgan fingerprint density at radius 1 is 1.53 bits per heavy atom. The number of nitrogens with zero attached hydrogens (tertiary/aromatic N) is 1. The van der Waals surface area contributed by atoms with E-state index < -0.39 is 11.9 Å². The van der Waals surface area contributed by atoms with Crippen molar-refractivity contribution < 1.29 is 19.4 Å². The van der Waals surface area contributed by atoms with Crippen molar-refractivity contribution in [1.29, 1.82) is 0 Å². The molecule has 1 aliphatic heterocycles. The Morgan fingerprint density at radius 3 is 2.89 bits per heavy atom. The number of carbonyl (C=O) groups is 2. The number of piperidine rings is 1. The minimum absolute atomic E-state index is 0.134. The van der Waals surface area contributed by atoms with E-state index in [0.717, 1.165) is 6.42 Å². The molecule has 5 nitrogen and oxygen atoms in total. The summed E-state index contributed by atoms with van der Waals surface area (Å²) >= 11 is 1.32. The van der Waals surface area contributed by atoms with Crippen LogP contribution in [0, 0.1) is 5.92 Å². The van der Waals surface area contributed by atoms with Gasteiger partial charge in [-0.1, -0.05) is 0 Å². The summed E-state index contributed by atoms with van der Waals surface area (Å²) in [7, 11) is 1.53. The van der Waals surface area contributed by atoms with E-state index >= 15 is 0 Å². The number of carboxylic acids is 1. The Bertz CT molecular complexity index is 485. The van der Waals surface area contributed by atoms with Crippen LogP contribution >= 0.6 is 11.3 Å². The highest BCUT2D eigenvalue weighted by Gasteiger charge is 2.36. The molecule has 0 bridgehead atoms. The average Bonchev–Trinajstić information content (AvgIpc) is 2.86. The predicted molar refractivity (Wildman–Crippen MR) is 71.7 cm³/mol. The molecule has 1 saturated heterocycles. The van der Waals surface area contributed by atoms with Gasteiger partial charge in [-0.3, -0.25) is 9.59 Å². The van der Waals surface area contributed by atoms with Crippen LogP contribution in [0.15, 0.2) is 11.4 Å². The highest BCUT2D eigenvalue weighted by molar-refractivity contribution is 7.12. The van der Waals surface area contributed by atoms with Gasteiger partial charge in [-0.25, -0.2) is 0 Å². The molecule has 0 saturated carbocycles. The van der Waals surface area contributed by atoms with Gasteiger partial charge in [0, 0.05) is 12.6 Å². The Labute approximate surface area is 115 Å². The number of ether oxygens (including phenoxy) is 1. The quantitative estimate of drug-likeness (QED) is 0.922. The van der Waals surface area contributed by atoms with Crippen molar-refractivity contribution in [1.82, 2.24) is 4.90 Å². The molecule has 19 heavy (non-hydrogen) atoms. The zero-order valence-corrected chi connectivity index (χ0v) is 11.8. The molecule has 0 radical (unpaired) electrons. The van der Waals surface area contributed by atoms with Gasteiger partial charge in [0.2, 0.25) is 0 Å². The molecule has 1 aromatic heterocycles. The Hall–Kier alpha value is -1.56. The fraction of sp³-hybridized carbons (Fsp3) is 0.538. The fourth-order valence-electron chi connectivity index (χ4n) is 2.50. The molecule has 2 heterocycles. The number of carbonyl (C=O) groups excluding carboxylic acids is 1. The van der Waals surface area contributed by atoms with E-state index in [1.807, 2.05) is 0 Å². The molecule has 2 atom stereocenters. The lowest BCUT2D eigenvalue weighted by atomic mass is 9.90. The van der Waals surface area contributed by atoms with Crippen molar-refractivity contribution in [3.8, 4) is 5.75 Å². The van der Waals surface area contributed by atoms with E-state index in [0.29, 0.717) is 23.6 Å². The van der Waals surface area contributed by atoms with Gasteiger partial charge >= 0.3 is 5.97 Å². The number of methoxy groups -OCH3 is 1. The van der Waals surface area contributed by atoms with Crippen LogP contribution in [0.2, 0.25) is 0 Å². The maximum absolute atomic E-state index is 12.5. The van der Waals surface area contributed by atoms with Crippen LogP contribution in [0.3, 0.4) is 0 Å². The molecule has 1 aliphatic rings. The molecule has 0 unspecified atom stereocenters. The lowest BCUT2D eigenvalue weighted by Gasteiger charge is -2.37. The van der Waals surface area contributed by atoms with Crippen molar-refractivity contribution in [3.63, 3.8) is 0 Å². The van der Waals surface area contributed by atoms with Crippen LogP contribution in [0.1, 0.15) is 29.4 Å². The summed E-state index contributed by atoms with van der Waals surface area (Å²) in [6, 6.07) is 1.46. The van der Waals surface area contributed by atoms with E-state index in [1.54, 1.807) is 23.3 Å². The van der Waals surface area contributed by atoms with Crippen LogP contribution in [-0.4, -0.2) is 41.6 Å². The zero-order chi connectivity index (χ0) is 14.0. The molecule has 104 valence electrons. The summed E-state index contributed by atoms with van der Waals surface area (Å²) in [5, 5.41) is 11.0. The van der Waals surface area contributed by atoms with Crippen LogP contribution in [0.25, 0.3) is 0 Å². The molecule has 0 aliphatic carbocycles. The summed E-state index contributed by atoms with van der Waals surface area (Å²) in [6.45, 7) is 2.40. The van der Waals surface area contributed by atoms with Gasteiger partial charge in [0.15, 0.2) is 0 Å². The van der Waals surface area contributed by atoms with Gasteiger partial charge in [0.05, 0.1) is 13.0 Å². The number of aliphatic carboxylic acids is 1. The first-order valence-electron chi connectivity index (χ1n) is 6.21. The standard InChI is InChI=1S/C13H17NO4S/c1-8-9(13(16)17)4-3-6-14(8)12(15)11-10(18-2)5-7-19-11/h5,7-9H,3-4,6H2,1-2H3,(H,16,17)/t8-,9-/m0/s1. The average molecular weight is 283 g/mol. The minimum atomic E-state index is -0.830. The van der Waals surface area contributed by atoms with E-state index in [2.05, 4.69) is 0 Å². The monoisotopic (exact) mass is 283 g/mol. The summed E-state index contributed by atoms with van der Waals surface area (Å²) in [4.78, 5) is 25.9. The van der Waals surface area contributed by atoms with Gasteiger partial charge in [-0.15, -0.1) is 11.3 Å². The third-order valence-corrected chi connectivity index (χ3v) is 4.49. The second-order valence-electron chi connectivity index (χ2n) is 4.64. The van der Waals surface area contributed by atoms with Crippen LogP contribution < -0.4 is 4.74 Å². The van der Waals surface area contributed by atoms with Crippen molar-refractivity contribution in [2.24, 2.45) is 5.92 Å². The maximum Gasteiger partial charge on any atom is 0.308 e. The van der Waals surface area contributed by atoms with Crippen LogP contribution in [0.4, 0.5) is 0 Å². The molecule has 1 aromatic rings. The highest BCUT2D eigenvalue weighted by atomic mass is 32.1. The van der Waals surface area contributed by atoms with Crippen molar-refractivity contribution in [2.45, 2.75) is 25.8 Å². The second kappa shape index (κ2) is 5.61. The predicted octanol–water partition coefficient (Wildman–Crippen LogP) is 2.08. The lowest BCUT2D eigenvalue weighted by molar-refractivity contribution is -0.144. The highest BCUT2D eigenvalue weighted by Crippen LogP contribution is 2.30. The van der Waals surface area contributed by atoms with E-state index in [-0.39, 0.29) is 11.9 Å². The molecule has 1 N–H and O–H groups in total. The second-order valence-corrected chi connectivity index (χ2v) is 5.56. The lowest BCUT2D eigenvalue weighted by Crippen LogP contribution is -2.49. The molecular weight excluding hydrogens is 266 g/mol. The molecule has 0 aromatic carbocycles. The van der Waals surface area contributed by atoms with E-state index in [4.69, 9.17) is 4.74 Å². The summed E-state index contributed by atoms with van der Waals surface area (Å²) in [5.74, 6) is -0.892. The molecule has 2 rings (SSSR count). The van der Waals surface area contributed by atoms with Gasteiger partial charge in [-0.2, -0.15) is 0 Å². The van der Waals surface area contributed by atoms with Gasteiger partial charge in [0.25, 0.3) is 5.91 Å². The van der Waals surface area contributed by atoms with Crippen LogP contribution in [-0.2, 0) is 4.79 Å². The maximum atomic E-state index is 12.5. The Balaban J connectivity index is 2.21. The number of hydrogen-bond acceptors (Lipinski definition) is 4. The number of carboxylic acid groups (broad SMARTS) is 1. The first-order valence-corrected chi connectivity index (χ1v) is 7.09. The van der Waals surface area contributed by atoms with Crippen LogP contribution in [0.5, 0.6) is 5.75 Å². The minimum Gasteiger partial charge on any atom is -0.495 e. The fourth-order valence-corrected chi connectivity index (χ4v) is 3.32. The van der Waals surface area contributed by atoms with Gasteiger partial charge < -0.3 is 14.7 Å². The normalized spacial score (nSPS) is 23.2. The zero-order valence-electron chi connectivity index (χ0n) is 11.0. The number of rotatable bonds is 3. The Kier molecular flexibility index (Phi) is 4.09. The van der Waals surface area contributed by atoms with Crippen molar-refractivity contribution >= 4 is 23.2 Å². The first-order chi connectivity index (χ1) is 9.06. The first kappa shape index (κ1) is 13.9. The number of thiophene rings is 1. The molecule has 6 heteroatoms. The molecule has 0 spiro atoms. The number of likely N-dealkylation sites (tertiary alicyclic amines) is 1. The summed E-state index contributed by atoms with van der Waals surface area (Å²) < 4.78 is 5.15. The van der Waals surface area contributed by atoms with Gasteiger partial charge in [0.1, 0.15) is 10.6 Å². The van der Waals surface area contributed by atoms with Gasteiger partial charge in [-0.05, 0) is 31.2 Å². The van der Waals surface area contributed by atoms with Crippen molar-refractivity contribution in [3.05, 3.63) is 16.3 Å². The largest absolute Gasteiger partial charge is 0.495 e. The third kappa shape index (κ3) is 2.58. The topological polar surface area (TPSA) is 66.8 Å². The van der Waals surface area contributed by atoms with E-state index in [9.17, 15) is 14.7 Å². The number of hydrogen-bond donors (Lipinski definition) is 1. The molecule has 1 amide bonds. The smallest absolute Gasteiger partial charge is 0.308 e. The SMILES string of the molecule is COc1ccsc1C(=O)N1CCC[C@H](C(=O)O)[C@@H]1C. The molecular formula is C13H17NO4S.